The van der Waals surface area contributed by atoms with Crippen molar-refractivity contribution >= 4 is 0 Å². The van der Waals surface area contributed by atoms with E-state index in [2.05, 4.69) is 23.5 Å². The quantitative estimate of drug-likeness (QED) is 0.812. The average Bonchev–Trinajstić information content (AvgIpc) is 2.52. The minimum absolute atomic E-state index is 0.0438. The van der Waals surface area contributed by atoms with Crippen LogP contribution in [0.15, 0.2) is 54.6 Å². The van der Waals surface area contributed by atoms with Crippen molar-refractivity contribution in [3.8, 4) is 5.75 Å². The molecule has 0 radical (unpaired) electrons. The third-order valence-corrected chi connectivity index (χ3v) is 3.27. The minimum atomic E-state index is 0.0438. The summed E-state index contributed by atoms with van der Waals surface area (Å²) < 4.78 is 5.22. The molecule has 0 bridgehead atoms. The third-order valence-electron chi connectivity index (χ3n) is 3.27. The van der Waals surface area contributed by atoms with Gasteiger partial charge in [0.05, 0.1) is 13.7 Å². The Bertz CT molecular complexity index is 513. The highest BCUT2D eigenvalue weighted by Crippen LogP contribution is 2.14. The Morgan fingerprint density at radius 3 is 2.50 bits per heavy atom. The first kappa shape index (κ1) is 14.6. The van der Waals surface area contributed by atoms with E-state index in [1.807, 2.05) is 36.4 Å². The summed E-state index contributed by atoms with van der Waals surface area (Å²) in [5, 5.41) is 12.9. The van der Waals surface area contributed by atoms with Gasteiger partial charge in [-0.25, -0.2) is 0 Å². The summed E-state index contributed by atoms with van der Waals surface area (Å²) in [5.74, 6) is 0.849. The topological polar surface area (TPSA) is 41.5 Å². The molecule has 0 saturated heterocycles. The molecule has 0 aliphatic heterocycles. The van der Waals surface area contributed by atoms with Gasteiger partial charge in [-0.2, -0.15) is 0 Å². The summed E-state index contributed by atoms with van der Waals surface area (Å²) in [5.41, 5.74) is 2.38. The molecule has 0 heterocycles. The van der Waals surface area contributed by atoms with Crippen LogP contribution < -0.4 is 10.1 Å². The maximum atomic E-state index is 9.50. The molecular weight excluding hydrogens is 250 g/mol. The number of hydrogen-bond acceptors (Lipinski definition) is 3. The van der Waals surface area contributed by atoms with Gasteiger partial charge in [0.25, 0.3) is 0 Å². The SMILES string of the molecule is COc1cccc(CC(CO)NCc2ccccc2)c1. The van der Waals surface area contributed by atoms with E-state index in [0.717, 1.165) is 24.3 Å². The summed E-state index contributed by atoms with van der Waals surface area (Å²) in [6.45, 7) is 0.875. The molecule has 3 nitrogen and oxygen atoms in total. The van der Waals surface area contributed by atoms with Gasteiger partial charge in [-0.3, -0.25) is 0 Å². The lowest BCUT2D eigenvalue weighted by Crippen LogP contribution is -2.34. The van der Waals surface area contributed by atoms with Gasteiger partial charge in [0, 0.05) is 12.6 Å². The highest BCUT2D eigenvalue weighted by Gasteiger charge is 2.08. The van der Waals surface area contributed by atoms with Crippen molar-refractivity contribution in [2.45, 2.75) is 19.0 Å². The number of ether oxygens (including phenoxy) is 1. The van der Waals surface area contributed by atoms with Gasteiger partial charge in [-0.1, -0.05) is 42.5 Å². The zero-order chi connectivity index (χ0) is 14.2. The Hall–Kier alpha value is -1.84. The summed E-state index contributed by atoms with van der Waals surface area (Å²) in [7, 11) is 1.66. The molecule has 0 fully saturated rings. The van der Waals surface area contributed by atoms with E-state index >= 15 is 0 Å². The molecule has 0 spiro atoms. The zero-order valence-electron chi connectivity index (χ0n) is 11.8. The molecule has 3 heteroatoms. The molecule has 0 amide bonds. The molecule has 0 aliphatic carbocycles. The van der Waals surface area contributed by atoms with E-state index in [-0.39, 0.29) is 12.6 Å². The van der Waals surface area contributed by atoms with Crippen molar-refractivity contribution in [2.24, 2.45) is 0 Å². The molecular formula is C17H21NO2. The van der Waals surface area contributed by atoms with Crippen molar-refractivity contribution < 1.29 is 9.84 Å². The highest BCUT2D eigenvalue weighted by atomic mass is 16.5. The number of methoxy groups -OCH3 is 1. The molecule has 20 heavy (non-hydrogen) atoms. The zero-order valence-corrected chi connectivity index (χ0v) is 11.8. The second kappa shape index (κ2) is 7.68. The molecule has 106 valence electrons. The van der Waals surface area contributed by atoms with Crippen LogP contribution in [0.1, 0.15) is 11.1 Å². The van der Waals surface area contributed by atoms with E-state index in [1.165, 1.54) is 5.56 Å². The predicted octanol–water partition coefficient (Wildman–Crippen LogP) is 2.39. The van der Waals surface area contributed by atoms with Crippen LogP contribution in [0.3, 0.4) is 0 Å². The van der Waals surface area contributed by atoms with Crippen LogP contribution in [0, 0.1) is 0 Å². The van der Waals surface area contributed by atoms with Gasteiger partial charge < -0.3 is 15.2 Å². The van der Waals surface area contributed by atoms with Crippen molar-refractivity contribution in [3.63, 3.8) is 0 Å². The molecule has 0 saturated carbocycles. The number of nitrogens with one attached hydrogen (secondary N) is 1. The summed E-state index contributed by atoms with van der Waals surface area (Å²) >= 11 is 0. The van der Waals surface area contributed by atoms with Crippen molar-refractivity contribution in [1.82, 2.24) is 5.32 Å². The number of aliphatic hydroxyl groups excluding tert-OH is 1. The molecule has 1 unspecified atom stereocenters. The lowest BCUT2D eigenvalue weighted by atomic mass is 10.1. The summed E-state index contributed by atoms with van der Waals surface area (Å²) in [6, 6.07) is 18.2. The standard InChI is InChI=1S/C17H21NO2/c1-20-17-9-5-8-15(11-17)10-16(13-19)18-12-14-6-3-2-4-7-14/h2-9,11,16,18-19H,10,12-13H2,1H3. The molecule has 2 N–H and O–H groups in total. The number of hydrogen-bond donors (Lipinski definition) is 2. The first-order valence-corrected chi connectivity index (χ1v) is 6.83. The Labute approximate surface area is 120 Å². The smallest absolute Gasteiger partial charge is 0.119 e. The highest BCUT2D eigenvalue weighted by molar-refractivity contribution is 5.29. The van der Waals surface area contributed by atoms with Crippen LogP contribution in [0.4, 0.5) is 0 Å². The van der Waals surface area contributed by atoms with Crippen molar-refractivity contribution in [2.75, 3.05) is 13.7 Å². The van der Waals surface area contributed by atoms with Crippen LogP contribution in [0.2, 0.25) is 0 Å². The fraction of sp³-hybridized carbons (Fsp3) is 0.294. The molecule has 2 aromatic carbocycles. The van der Waals surface area contributed by atoms with Crippen LogP contribution in [0.5, 0.6) is 5.75 Å². The molecule has 1 atom stereocenters. The van der Waals surface area contributed by atoms with Gasteiger partial charge in [0.2, 0.25) is 0 Å². The first-order chi connectivity index (χ1) is 9.81. The second-order valence-electron chi connectivity index (χ2n) is 4.80. The van der Waals surface area contributed by atoms with Crippen LogP contribution in [-0.2, 0) is 13.0 Å². The maximum Gasteiger partial charge on any atom is 0.119 e. The van der Waals surface area contributed by atoms with Gasteiger partial charge in [0.1, 0.15) is 5.75 Å². The number of aliphatic hydroxyl groups is 1. The number of rotatable bonds is 7. The van der Waals surface area contributed by atoms with Crippen LogP contribution in [0.25, 0.3) is 0 Å². The van der Waals surface area contributed by atoms with E-state index < -0.39 is 0 Å². The Morgan fingerprint density at radius 2 is 1.80 bits per heavy atom. The van der Waals surface area contributed by atoms with E-state index in [1.54, 1.807) is 7.11 Å². The van der Waals surface area contributed by atoms with E-state index in [9.17, 15) is 5.11 Å². The summed E-state index contributed by atoms with van der Waals surface area (Å²) in [4.78, 5) is 0. The van der Waals surface area contributed by atoms with Crippen LogP contribution in [-0.4, -0.2) is 24.9 Å². The first-order valence-electron chi connectivity index (χ1n) is 6.83. The fourth-order valence-electron chi connectivity index (χ4n) is 2.14. The normalized spacial score (nSPS) is 12.1. The molecule has 0 aliphatic rings. The Morgan fingerprint density at radius 1 is 1.05 bits per heavy atom. The van der Waals surface area contributed by atoms with Crippen LogP contribution >= 0.6 is 0 Å². The molecule has 0 aromatic heterocycles. The minimum Gasteiger partial charge on any atom is -0.497 e. The monoisotopic (exact) mass is 271 g/mol. The van der Waals surface area contributed by atoms with Gasteiger partial charge in [-0.15, -0.1) is 0 Å². The van der Waals surface area contributed by atoms with Crippen molar-refractivity contribution in [1.29, 1.82) is 0 Å². The van der Waals surface area contributed by atoms with Gasteiger partial charge in [-0.05, 0) is 29.7 Å². The molecule has 2 rings (SSSR count). The average molecular weight is 271 g/mol. The summed E-state index contributed by atoms with van der Waals surface area (Å²) in [6.07, 6.45) is 0.778. The van der Waals surface area contributed by atoms with E-state index in [4.69, 9.17) is 4.74 Å². The van der Waals surface area contributed by atoms with Gasteiger partial charge in [0.15, 0.2) is 0 Å². The Balaban J connectivity index is 1.91. The van der Waals surface area contributed by atoms with Crippen molar-refractivity contribution in [3.05, 3.63) is 65.7 Å². The maximum absolute atomic E-state index is 9.50. The lowest BCUT2D eigenvalue weighted by Gasteiger charge is -2.17. The van der Waals surface area contributed by atoms with E-state index in [0.29, 0.717) is 0 Å². The van der Waals surface area contributed by atoms with Gasteiger partial charge >= 0.3 is 0 Å². The fourth-order valence-corrected chi connectivity index (χ4v) is 2.14. The largest absolute Gasteiger partial charge is 0.497 e. The molecule has 2 aromatic rings. The lowest BCUT2D eigenvalue weighted by molar-refractivity contribution is 0.240. The predicted molar refractivity (Wildman–Crippen MR) is 80.9 cm³/mol. The Kier molecular flexibility index (Phi) is 5.59. The number of benzene rings is 2. The second-order valence-corrected chi connectivity index (χ2v) is 4.80. The third kappa shape index (κ3) is 4.37.